The molecule has 0 aromatic heterocycles. The first-order valence-electron chi connectivity index (χ1n) is 14.7. The van der Waals surface area contributed by atoms with Gasteiger partial charge < -0.3 is 18.9 Å². The molecule has 6 heteroatoms. The highest BCUT2D eigenvalue weighted by molar-refractivity contribution is 5.94. The summed E-state index contributed by atoms with van der Waals surface area (Å²) in [7, 11) is 1.68. The monoisotopic (exact) mass is 564 g/mol. The van der Waals surface area contributed by atoms with Crippen molar-refractivity contribution in [3.05, 3.63) is 107 Å². The Kier molecular flexibility index (Phi) is 7.88. The first-order chi connectivity index (χ1) is 20.5. The smallest absolute Gasteiger partial charge is 0.497 e. The highest BCUT2D eigenvalue weighted by atomic mass is 16.7. The molecule has 1 saturated carbocycles. The van der Waals surface area contributed by atoms with Crippen molar-refractivity contribution in [3.8, 4) is 11.5 Å². The van der Waals surface area contributed by atoms with E-state index in [0.29, 0.717) is 30.8 Å². The fraction of sp³-hybridized carbons (Fsp3) is 0.333. The van der Waals surface area contributed by atoms with Gasteiger partial charge in [0.25, 0.3) is 0 Å². The van der Waals surface area contributed by atoms with Crippen molar-refractivity contribution in [2.24, 2.45) is 11.8 Å². The molecule has 2 aliphatic carbocycles. The van der Waals surface area contributed by atoms with E-state index in [1.807, 2.05) is 24.3 Å². The SMILES string of the molecule is COc1ccc(C2(c3ccc(OC(=O)OCC4CCC(COC(C)=O)CC4)cc3)Cc3cccc4cccc2c34)cc1. The van der Waals surface area contributed by atoms with Crippen LogP contribution in [0.2, 0.25) is 0 Å². The van der Waals surface area contributed by atoms with Crippen molar-refractivity contribution < 1.29 is 28.5 Å². The van der Waals surface area contributed by atoms with Crippen molar-refractivity contribution >= 4 is 22.9 Å². The van der Waals surface area contributed by atoms with Gasteiger partial charge in [0, 0.05) is 12.3 Å². The molecule has 0 saturated heterocycles. The molecule has 0 heterocycles. The summed E-state index contributed by atoms with van der Waals surface area (Å²) in [6.07, 6.45) is 3.96. The molecular formula is C36H36O6. The predicted octanol–water partition coefficient (Wildman–Crippen LogP) is 7.62. The number of benzene rings is 4. The van der Waals surface area contributed by atoms with Crippen LogP contribution in [0.1, 0.15) is 54.9 Å². The van der Waals surface area contributed by atoms with Gasteiger partial charge in [-0.2, -0.15) is 0 Å². The summed E-state index contributed by atoms with van der Waals surface area (Å²) >= 11 is 0. The second-order valence-corrected chi connectivity index (χ2v) is 11.5. The third kappa shape index (κ3) is 5.46. The molecule has 4 aromatic rings. The maximum atomic E-state index is 12.5. The maximum Gasteiger partial charge on any atom is 0.513 e. The van der Waals surface area contributed by atoms with Crippen LogP contribution in [0.15, 0.2) is 84.9 Å². The molecule has 0 spiro atoms. The predicted molar refractivity (Wildman–Crippen MR) is 161 cm³/mol. The van der Waals surface area contributed by atoms with Gasteiger partial charge in [-0.05, 0) is 101 Å². The standard InChI is InChI=1S/C36H36O6/c1-24(37)40-22-25-9-11-26(12-10-25)23-41-35(38)42-32-19-15-30(16-20-32)36(29-13-17-31(39-2)18-14-29)21-28-7-3-5-27-6-4-8-33(36)34(27)28/h3-8,13-20,25-26H,9-12,21-23H2,1-2H3. The lowest BCUT2D eigenvalue weighted by atomic mass is 9.69. The van der Waals surface area contributed by atoms with Gasteiger partial charge in [0.05, 0.1) is 20.3 Å². The van der Waals surface area contributed by atoms with E-state index >= 15 is 0 Å². The fourth-order valence-electron chi connectivity index (χ4n) is 6.78. The van der Waals surface area contributed by atoms with E-state index in [1.165, 1.54) is 34.4 Å². The summed E-state index contributed by atoms with van der Waals surface area (Å²) < 4.78 is 21.6. The van der Waals surface area contributed by atoms with Gasteiger partial charge in [0.15, 0.2) is 0 Å². The van der Waals surface area contributed by atoms with Crippen LogP contribution in [0.3, 0.4) is 0 Å². The Labute approximate surface area is 246 Å². The van der Waals surface area contributed by atoms with Crippen molar-refractivity contribution in [2.45, 2.75) is 44.4 Å². The van der Waals surface area contributed by atoms with Crippen molar-refractivity contribution in [1.29, 1.82) is 0 Å². The quantitative estimate of drug-likeness (QED) is 0.162. The van der Waals surface area contributed by atoms with Crippen LogP contribution in [0.25, 0.3) is 10.8 Å². The number of methoxy groups -OCH3 is 1. The summed E-state index contributed by atoms with van der Waals surface area (Å²) in [5.74, 6) is 1.71. The average molecular weight is 565 g/mol. The maximum absolute atomic E-state index is 12.5. The Balaban J connectivity index is 1.16. The molecule has 42 heavy (non-hydrogen) atoms. The minimum Gasteiger partial charge on any atom is -0.497 e. The number of esters is 1. The Bertz CT molecular complexity index is 1560. The number of carbonyl (C=O) groups excluding carboxylic acids is 2. The molecule has 0 radical (unpaired) electrons. The summed E-state index contributed by atoms with van der Waals surface area (Å²) in [5, 5.41) is 2.54. The fourth-order valence-corrected chi connectivity index (χ4v) is 6.78. The summed E-state index contributed by atoms with van der Waals surface area (Å²) in [6, 6.07) is 29.2. The Morgan fingerprint density at radius 2 is 1.31 bits per heavy atom. The molecule has 6 rings (SSSR count). The molecule has 1 atom stereocenters. The summed E-state index contributed by atoms with van der Waals surface area (Å²) in [6.45, 7) is 2.24. The Morgan fingerprint density at radius 1 is 0.738 bits per heavy atom. The highest BCUT2D eigenvalue weighted by Crippen LogP contribution is 2.51. The van der Waals surface area contributed by atoms with Crippen molar-refractivity contribution in [1.82, 2.24) is 0 Å². The minimum atomic E-state index is -0.687. The van der Waals surface area contributed by atoms with Gasteiger partial charge in [-0.1, -0.05) is 60.7 Å². The van der Waals surface area contributed by atoms with E-state index in [1.54, 1.807) is 7.11 Å². The van der Waals surface area contributed by atoms with Crippen molar-refractivity contribution in [3.63, 3.8) is 0 Å². The first-order valence-corrected chi connectivity index (χ1v) is 14.7. The van der Waals surface area contributed by atoms with Crippen molar-refractivity contribution in [2.75, 3.05) is 20.3 Å². The third-order valence-corrected chi connectivity index (χ3v) is 8.96. The van der Waals surface area contributed by atoms with Crippen LogP contribution >= 0.6 is 0 Å². The molecule has 6 nitrogen and oxygen atoms in total. The lowest BCUT2D eigenvalue weighted by Gasteiger charge is -2.32. The van der Waals surface area contributed by atoms with E-state index < -0.39 is 6.16 Å². The Morgan fingerprint density at radius 3 is 1.90 bits per heavy atom. The van der Waals surface area contributed by atoms with Crippen LogP contribution < -0.4 is 9.47 Å². The molecular weight excluding hydrogens is 528 g/mol. The average Bonchev–Trinajstić information content (AvgIpc) is 3.37. The number of hydrogen-bond acceptors (Lipinski definition) is 6. The van der Waals surface area contributed by atoms with E-state index in [0.717, 1.165) is 43.4 Å². The van der Waals surface area contributed by atoms with Gasteiger partial charge in [0.1, 0.15) is 11.5 Å². The molecule has 1 fully saturated rings. The first kappa shape index (κ1) is 27.8. The van der Waals surface area contributed by atoms with Gasteiger partial charge in [-0.3, -0.25) is 4.79 Å². The van der Waals surface area contributed by atoms with Gasteiger partial charge in [0.2, 0.25) is 0 Å². The van der Waals surface area contributed by atoms with E-state index in [9.17, 15) is 9.59 Å². The second kappa shape index (κ2) is 11.9. The van der Waals surface area contributed by atoms with Gasteiger partial charge in [-0.15, -0.1) is 0 Å². The highest BCUT2D eigenvalue weighted by Gasteiger charge is 2.42. The van der Waals surface area contributed by atoms with Crippen LogP contribution in [0.4, 0.5) is 4.79 Å². The number of hydrogen-bond donors (Lipinski definition) is 0. The van der Waals surface area contributed by atoms with Crippen LogP contribution in [-0.4, -0.2) is 32.4 Å². The van der Waals surface area contributed by atoms with E-state index in [-0.39, 0.29) is 11.4 Å². The molecule has 4 aromatic carbocycles. The molecule has 0 bridgehead atoms. The Hall–Kier alpha value is -4.32. The van der Waals surface area contributed by atoms with Gasteiger partial charge in [-0.25, -0.2) is 4.79 Å². The minimum absolute atomic E-state index is 0.238. The van der Waals surface area contributed by atoms with E-state index in [4.69, 9.17) is 18.9 Å². The summed E-state index contributed by atoms with van der Waals surface area (Å²) in [4.78, 5) is 23.6. The normalized spacial score (nSPS) is 21.1. The number of ether oxygens (including phenoxy) is 4. The zero-order valence-electron chi connectivity index (χ0n) is 24.1. The second-order valence-electron chi connectivity index (χ2n) is 11.5. The number of rotatable bonds is 8. The lowest BCUT2D eigenvalue weighted by Crippen LogP contribution is -2.28. The van der Waals surface area contributed by atoms with Gasteiger partial charge >= 0.3 is 12.1 Å². The number of carbonyl (C=O) groups is 2. The largest absolute Gasteiger partial charge is 0.513 e. The van der Waals surface area contributed by atoms with Crippen LogP contribution in [-0.2, 0) is 26.1 Å². The molecule has 0 aliphatic heterocycles. The van der Waals surface area contributed by atoms with Crippen LogP contribution in [0.5, 0.6) is 11.5 Å². The molecule has 0 amide bonds. The zero-order valence-corrected chi connectivity index (χ0v) is 24.1. The topological polar surface area (TPSA) is 71.1 Å². The zero-order chi connectivity index (χ0) is 29.1. The van der Waals surface area contributed by atoms with E-state index in [2.05, 4.69) is 60.7 Å². The molecule has 1 unspecified atom stereocenters. The molecule has 2 aliphatic rings. The molecule has 0 N–H and O–H groups in total. The summed E-state index contributed by atoms with van der Waals surface area (Å²) in [5.41, 5.74) is 4.52. The lowest BCUT2D eigenvalue weighted by molar-refractivity contribution is -0.142. The molecule has 216 valence electrons. The third-order valence-electron chi connectivity index (χ3n) is 8.96. The van der Waals surface area contributed by atoms with Crippen LogP contribution in [0, 0.1) is 11.8 Å².